The number of carboxylic acids is 1. The van der Waals surface area contributed by atoms with Gasteiger partial charge < -0.3 is 10.0 Å². The average Bonchev–Trinajstić information content (AvgIpc) is 2.28. The van der Waals surface area contributed by atoms with Crippen LogP contribution >= 0.6 is 0 Å². The van der Waals surface area contributed by atoms with E-state index in [9.17, 15) is 14.7 Å². The summed E-state index contributed by atoms with van der Waals surface area (Å²) in [6.45, 7) is 2.89. The molecule has 1 aliphatic rings. The molecule has 0 radical (unpaired) electrons. The van der Waals surface area contributed by atoms with Gasteiger partial charge in [0.1, 0.15) is 0 Å². The van der Waals surface area contributed by atoms with Gasteiger partial charge in [-0.3, -0.25) is 10.2 Å². The van der Waals surface area contributed by atoms with E-state index in [1.165, 1.54) is 0 Å². The van der Waals surface area contributed by atoms with Crippen molar-refractivity contribution in [3.63, 3.8) is 0 Å². The van der Waals surface area contributed by atoms with Gasteiger partial charge in [0.25, 0.3) is 0 Å². The van der Waals surface area contributed by atoms with Gasteiger partial charge >= 0.3 is 12.0 Å². The molecule has 0 bridgehead atoms. The molecule has 2 N–H and O–H groups in total. The van der Waals surface area contributed by atoms with Gasteiger partial charge in [0.2, 0.25) is 0 Å². The van der Waals surface area contributed by atoms with E-state index in [0.717, 1.165) is 0 Å². The SMILES string of the molecule is CCC1(C(=O)O)CCN(C(=O)NN(C)C)CC1. The molecule has 0 aromatic heterocycles. The van der Waals surface area contributed by atoms with Gasteiger partial charge in [-0.05, 0) is 19.3 Å². The third kappa shape index (κ3) is 3.09. The number of nitrogens with one attached hydrogen (secondary N) is 1. The first-order valence-corrected chi connectivity index (χ1v) is 5.87. The summed E-state index contributed by atoms with van der Waals surface area (Å²) < 4.78 is 0. The van der Waals surface area contributed by atoms with Crippen molar-refractivity contribution in [2.75, 3.05) is 27.2 Å². The van der Waals surface area contributed by atoms with Crippen LogP contribution in [0.15, 0.2) is 0 Å². The van der Waals surface area contributed by atoms with Crippen LogP contribution in [0.4, 0.5) is 4.79 Å². The number of carbonyl (C=O) groups excluding carboxylic acids is 1. The number of carboxylic acid groups (broad SMARTS) is 1. The third-order valence-corrected chi connectivity index (χ3v) is 3.46. The average molecular weight is 243 g/mol. The second-order valence-electron chi connectivity index (χ2n) is 4.74. The molecule has 0 unspecified atom stereocenters. The molecule has 1 aliphatic heterocycles. The molecule has 98 valence electrons. The fourth-order valence-electron chi connectivity index (χ4n) is 2.12. The smallest absolute Gasteiger partial charge is 0.331 e. The van der Waals surface area contributed by atoms with Gasteiger partial charge in [0.05, 0.1) is 5.41 Å². The topological polar surface area (TPSA) is 72.9 Å². The Morgan fingerprint density at radius 3 is 2.24 bits per heavy atom. The van der Waals surface area contributed by atoms with Crippen LogP contribution in [0.3, 0.4) is 0 Å². The molecular formula is C11H21N3O3. The first kappa shape index (κ1) is 13.8. The summed E-state index contributed by atoms with van der Waals surface area (Å²) in [6.07, 6.45) is 1.67. The molecule has 1 heterocycles. The molecule has 1 saturated heterocycles. The van der Waals surface area contributed by atoms with E-state index in [-0.39, 0.29) is 6.03 Å². The minimum Gasteiger partial charge on any atom is -0.481 e. The highest BCUT2D eigenvalue weighted by molar-refractivity contribution is 5.77. The standard InChI is InChI=1S/C11H21N3O3/c1-4-11(9(15)16)5-7-14(8-6-11)10(17)12-13(2)3/h4-8H2,1-3H3,(H,12,17)(H,15,16). The maximum atomic E-state index is 11.7. The van der Waals surface area contributed by atoms with Gasteiger partial charge in [0.15, 0.2) is 0 Å². The molecule has 6 heteroatoms. The minimum absolute atomic E-state index is 0.162. The zero-order valence-corrected chi connectivity index (χ0v) is 10.7. The molecule has 0 spiro atoms. The van der Waals surface area contributed by atoms with Crippen molar-refractivity contribution in [3.05, 3.63) is 0 Å². The Hall–Kier alpha value is -1.30. The first-order chi connectivity index (χ1) is 7.91. The lowest BCUT2D eigenvalue weighted by Crippen LogP contribution is -2.51. The number of nitrogens with zero attached hydrogens (tertiary/aromatic N) is 2. The van der Waals surface area contributed by atoms with Gasteiger partial charge in [-0.1, -0.05) is 6.92 Å². The summed E-state index contributed by atoms with van der Waals surface area (Å²) in [7, 11) is 3.49. The van der Waals surface area contributed by atoms with E-state index in [4.69, 9.17) is 0 Å². The second kappa shape index (κ2) is 5.35. The molecule has 6 nitrogen and oxygen atoms in total. The largest absolute Gasteiger partial charge is 0.481 e. The van der Waals surface area contributed by atoms with E-state index < -0.39 is 11.4 Å². The number of likely N-dealkylation sites (tertiary alicyclic amines) is 1. The van der Waals surface area contributed by atoms with Gasteiger partial charge in [-0.15, -0.1) is 0 Å². The van der Waals surface area contributed by atoms with Crippen molar-refractivity contribution in [2.24, 2.45) is 5.41 Å². The third-order valence-electron chi connectivity index (χ3n) is 3.46. The van der Waals surface area contributed by atoms with E-state index in [1.807, 2.05) is 6.92 Å². The molecule has 1 fully saturated rings. The fourth-order valence-corrected chi connectivity index (χ4v) is 2.12. The van der Waals surface area contributed by atoms with Crippen molar-refractivity contribution in [3.8, 4) is 0 Å². The Morgan fingerprint density at radius 1 is 1.35 bits per heavy atom. The molecule has 0 aliphatic carbocycles. The van der Waals surface area contributed by atoms with Crippen LogP contribution in [0.1, 0.15) is 26.2 Å². The molecular weight excluding hydrogens is 222 g/mol. The molecule has 0 aromatic carbocycles. The highest BCUT2D eigenvalue weighted by Crippen LogP contribution is 2.35. The Balaban J connectivity index is 2.55. The first-order valence-electron chi connectivity index (χ1n) is 5.87. The van der Waals surface area contributed by atoms with Crippen molar-refractivity contribution in [1.82, 2.24) is 15.3 Å². The van der Waals surface area contributed by atoms with Gasteiger partial charge in [-0.25, -0.2) is 9.80 Å². The van der Waals surface area contributed by atoms with Gasteiger partial charge in [0, 0.05) is 27.2 Å². The van der Waals surface area contributed by atoms with Crippen LogP contribution in [0, 0.1) is 5.41 Å². The summed E-state index contributed by atoms with van der Waals surface area (Å²) in [4.78, 5) is 24.6. The number of piperidine rings is 1. The Morgan fingerprint density at radius 2 is 1.88 bits per heavy atom. The predicted octanol–water partition coefficient (Wildman–Crippen LogP) is 0.749. The van der Waals surface area contributed by atoms with E-state index in [0.29, 0.717) is 32.4 Å². The molecule has 0 atom stereocenters. The minimum atomic E-state index is -0.743. The number of rotatable bonds is 3. The normalized spacial score (nSPS) is 19.2. The molecule has 0 aromatic rings. The molecule has 17 heavy (non-hydrogen) atoms. The lowest BCUT2D eigenvalue weighted by atomic mass is 9.76. The molecule has 1 rings (SSSR count). The van der Waals surface area contributed by atoms with E-state index in [2.05, 4.69) is 5.43 Å². The highest BCUT2D eigenvalue weighted by Gasteiger charge is 2.40. The maximum Gasteiger partial charge on any atom is 0.331 e. The summed E-state index contributed by atoms with van der Waals surface area (Å²) in [6, 6.07) is -0.162. The van der Waals surface area contributed by atoms with E-state index in [1.54, 1.807) is 24.0 Å². The summed E-state index contributed by atoms with van der Waals surface area (Å²) in [5.41, 5.74) is 2.02. The number of carbonyl (C=O) groups is 2. The Bertz CT molecular complexity index is 296. The number of hydrazine groups is 1. The number of hydrogen-bond donors (Lipinski definition) is 2. The van der Waals surface area contributed by atoms with Crippen molar-refractivity contribution in [2.45, 2.75) is 26.2 Å². The van der Waals surface area contributed by atoms with Crippen LogP contribution in [-0.4, -0.2) is 54.2 Å². The summed E-state index contributed by atoms with van der Waals surface area (Å²) >= 11 is 0. The maximum absolute atomic E-state index is 11.7. The number of hydrogen-bond acceptors (Lipinski definition) is 3. The van der Waals surface area contributed by atoms with Crippen LogP contribution in [-0.2, 0) is 4.79 Å². The molecule has 0 saturated carbocycles. The van der Waals surface area contributed by atoms with Crippen molar-refractivity contribution >= 4 is 12.0 Å². The second-order valence-corrected chi connectivity index (χ2v) is 4.74. The van der Waals surface area contributed by atoms with Crippen molar-refractivity contribution in [1.29, 1.82) is 0 Å². The van der Waals surface area contributed by atoms with Crippen molar-refractivity contribution < 1.29 is 14.7 Å². The Labute approximate surface area is 102 Å². The summed E-state index contributed by atoms with van der Waals surface area (Å²) in [5, 5.41) is 10.8. The van der Waals surface area contributed by atoms with Crippen LogP contribution in [0.25, 0.3) is 0 Å². The van der Waals surface area contributed by atoms with E-state index >= 15 is 0 Å². The highest BCUT2D eigenvalue weighted by atomic mass is 16.4. The lowest BCUT2D eigenvalue weighted by molar-refractivity contribution is -0.152. The monoisotopic (exact) mass is 243 g/mol. The Kier molecular flexibility index (Phi) is 4.34. The number of aliphatic carboxylic acids is 1. The fraction of sp³-hybridized carbons (Fsp3) is 0.818. The van der Waals surface area contributed by atoms with Gasteiger partial charge in [-0.2, -0.15) is 0 Å². The van der Waals surface area contributed by atoms with Crippen LogP contribution in [0.5, 0.6) is 0 Å². The molecule has 2 amide bonds. The zero-order valence-electron chi connectivity index (χ0n) is 10.7. The number of urea groups is 1. The van der Waals surface area contributed by atoms with Crippen LogP contribution < -0.4 is 5.43 Å². The predicted molar refractivity (Wildman–Crippen MR) is 63.4 cm³/mol. The zero-order chi connectivity index (χ0) is 13.1. The van der Waals surface area contributed by atoms with Crippen LogP contribution in [0.2, 0.25) is 0 Å². The quantitative estimate of drug-likeness (QED) is 0.717. The summed E-state index contributed by atoms with van der Waals surface area (Å²) in [5.74, 6) is -0.743. The number of amides is 2. The lowest BCUT2D eigenvalue weighted by Gasteiger charge is -2.38.